The normalized spacial score (nSPS) is 18.8. The van der Waals surface area contributed by atoms with Gasteiger partial charge in [-0.2, -0.15) is 5.10 Å². The third-order valence-corrected chi connectivity index (χ3v) is 5.76. The molecule has 1 N–H and O–H groups in total. The number of carbonyl (C=O) groups is 1. The van der Waals surface area contributed by atoms with Gasteiger partial charge in [0.25, 0.3) is 0 Å². The minimum atomic E-state index is 0. The third-order valence-electron chi connectivity index (χ3n) is 5.76. The number of rotatable bonds is 3. The van der Waals surface area contributed by atoms with Crippen molar-refractivity contribution in [3.8, 4) is 0 Å². The second-order valence-electron chi connectivity index (χ2n) is 7.37. The highest BCUT2D eigenvalue weighted by Gasteiger charge is 2.30. The van der Waals surface area contributed by atoms with Crippen molar-refractivity contribution in [2.24, 2.45) is 18.0 Å². The number of aliphatic imine (C=N–C) groups is 1. The van der Waals surface area contributed by atoms with Crippen LogP contribution in [0.3, 0.4) is 0 Å². The van der Waals surface area contributed by atoms with E-state index in [9.17, 15) is 4.79 Å². The summed E-state index contributed by atoms with van der Waals surface area (Å²) >= 11 is 0. The monoisotopic (exact) mass is 504 g/mol. The lowest BCUT2D eigenvalue weighted by Gasteiger charge is -2.36. The minimum absolute atomic E-state index is 0. The Hall–Kier alpha value is -1.36. The van der Waals surface area contributed by atoms with E-state index in [-0.39, 0.29) is 29.9 Å². The number of hydrogen-bond donors (Lipinski definition) is 1. The fourth-order valence-corrected chi connectivity index (χ4v) is 3.95. The summed E-state index contributed by atoms with van der Waals surface area (Å²) in [6.07, 6.45) is 1.75. The number of carbonyl (C=O) groups excluding carboxylic acids is 1. The summed E-state index contributed by atoms with van der Waals surface area (Å²) < 4.78 is 7.26. The Morgan fingerprint density at radius 3 is 2.36 bits per heavy atom. The van der Waals surface area contributed by atoms with Crippen molar-refractivity contribution in [2.75, 3.05) is 46.4 Å². The maximum atomic E-state index is 12.7. The number of aryl methyl sites for hydroxylation is 2. The Labute approximate surface area is 184 Å². The lowest BCUT2D eigenvalue weighted by Crippen LogP contribution is -2.49. The summed E-state index contributed by atoms with van der Waals surface area (Å²) in [5, 5.41) is 7.94. The van der Waals surface area contributed by atoms with E-state index in [4.69, 9.17) is 4.74 Å². The van der Waals surface area contributed by atoms with Crippen LogP contribution in [0.5, 0.6) is 0 Å². The first-order valence-corrected chi connectivity index (χ1v) is 9.82. The lowest BCUT2D eigenvalue weighted by atomic mass is 9.95. The molecule has 1 aromatic heterocycles. The van der Waals surface area contributed by atoms with Crippen LogP contribution in [0, 0.1) is 19.8 Å². The van der Waals surface area contributed by atoms with Crippen LogP contribution in [0.4, 0.5) is 0 Å². The fourth-order valence-electron chi connectivity index (χ4n) is 3.95. The van der Waals surface area contributed by atoms with Crippen molar-refractivity contribution in [3.05, 3.63) is 17.0 Å². The second-order valence-corrected chi connectivity index (χ2v) is 7.37. The van der Waals surface area contributed by atoms with Crippen LogP contribution >= 0.6 is 24.0 Å². The van der Waals surface area contributed by atoms with E-state index in [0.717, 1.165) is 50.7 Å². The molecule has 0 aliphatic carbocycles. The second kappa shape index (κ2) is 10.4. The maximum Gasteiger partial charge on any atom is 0.225 e. The van der Waals surface area contributed by atoms with Crippen molar-refractivity contribution < 1.29 is 9.53 Å². The van der Waals surface area contributed by atoms with Crippen LogP contribution in [0.25, 0.3) is 0 Å². The number of guanidine groups is 1. The summed E-state index contributed by atoms with van der Waals surface area (Å²) in [5.74, 6) is 1.32. The molecule has 2 aliphatic rings. The molecular formula is C19H33IN6O2. The number of hydrogen-bond acceptors (Lipinski definition) is 4. The van der Waals surface area contributed by atoms with Gasteiger partial charge in [0.1, 0.15) is 0 Å². The highest BCUT2D eigenvalue weighted by Crippen LogP contribution is 2.21. The quantitative estimate of drug-likeness (QED) is 0.382. The number of likely N-dealkylation sites (tertiary alicyclic amines) is 1. The summed E-state index contributed by atoms with van der Waals surface area (Å²) in [6, 6.07) is 0. The molecule has 3 heterocycles. The number of nitrogens with zero attached hydrogens (tertiary/aromatic N) is 5. The van der Waals surface area contributed by atoms with E-state index in [0.29, 0.717) is 25.7 Å². The van der Waals surface area contributed by atoms with E-state index in [1.165, 1.54) is 11.3 Å². The molecule has 0 bridgehead atoms. The van der Waals surface area contributed by atoms with Gasteiger partial charge in [0, 0.05) is 64.0 Å². The Bertz CT molecular complexity index is 691. The predicted molar refractivity (Wildman–Crippen MR) is 120 cm³/mol. The molecule has 0 atom stereocenters. The average molecular weight is 504 g/mol. The van der Waals surface area contributed by atoms with Crippen LogP contribution in [0.15, 0.2) is 4.99 Å². The molecular weight excluding hydrogens is 471 g/mol. The molecule has 0 unspecified atom stereocenters. The number of aromatic nitrogens is 2. The van der Waals surface area contributed by atoms with Gasteiger partial charge in [0.05, 0.1) is 18.9 Å². The highest BCUT2D eigenvalue weighted by molar-refractivity contribution is 14.0. The minimum Gasteiger partial charge on any atom is -0.378 e. The number of morpholine rings is 1. The molecule has 1 amide bonds. The molecule has 1 aromatic rings. The molecule has 2 saturated heterocycles. The van der Waals surface area contributed by atoms with Crippen molar-refractivity contribution in [3.63, 3.8) is 0 Å². The summed E-state index contributed by atoms with van der Waals surface area (Å²) in [4.78, 5) is 21.3. The van der Waals surface area contributed by atoms with Crippen molar-refractivity contribution in [1.82, 2.24) is 24.9 Å². The van der Waals surface area contributed by atoms with Crippen LogP contribution < -0.4 is 5.32 Å². The van der Waals surface area contributed by atoms with Crippen molar-refractivity contribution in [1.29, 1.82) is 0 Å². The number of ether oxygens (including phenoxy) is 1. The largest absolute Gasteiger partial charge is 0.378 e. The number of piperidine rings is 1. The smallest absolute Gasteiger partial charge is 0.225 e. The zero-order valence-corrected chi connectivity index (χ0v) is 19.7. The zero-order valence-electron chi connectivity index (χ0n) is 17.4. The van der Waals surface area contributed by atoms with E-state index < -0.39 is 0 Å². The van der Waals surface area contributed by atoms with Crippen LogP contribution in [-0.4, -0.2) is 77.9 Å². The summed E-state index contributed by atoms with van der Waals surface area (Å²) in [5.41, 5.74) is 3.44. The summed E-state index contributed by atoms with van der Waals surface area (Å²) in [6.45, 7) is 9.32. The van der Waals surface area contributed by atoms with Gasteiger partial charge in [-0.05, 0) is 26.7 Å². The first kappa shape index (κ1) is 22.9. The van der Waals surface area contributed by atoms with Gasteiger partial charge in [-0.25, -0.2) is 0 Å². The predicted octanol–water partition coefficient (Wildman–Crippen LogP) is 1.30. The fraction of sp³-hybridized carbons (Fsp3) is 0.737. The number of amides is 1. The molecule has 158 valence electrons. The van der Waals surface area contributed by atoms with E-state index in [1.54, 1.807) is 0 Å². The van der Waals surface area contributed by atoms with Gasteiger partial charge in [0.15, 0.2) is 5.96 Å². The van der Waals surface area contributed by atoms with Gasteiger partial charge in [-0.1, -0.05) is 0 Å². The molecule has 0 radical (unpaired) electrons. The molecule has 8 nitrogen and oxygen atoms in total. The average Bonchev–Trinajstić information content (AvgIpc) is 2.95. The van der Waals surface area contributed by atoms with Gasteiger partial charge in [-0.15, -0.1) is 24.0 Å². The standard InChI is InChI=1S/C19H32N6O2.HI/c1-14-17(15(2)23(4)22-14)13-21-19(20-3)25-7-5-16(6-8-25)18(26)24-9-11-27-12-10-24;/h16H,5-13H2,1-4H3,(H,20,21);1H. The Balaban J connectivity index is 0.00000280. The Kier molecular flexibility index (Phi) is 8.54. The SMILES string of the molecule is CN=C(NCc1c(C)nn(C)c1C)N1CCC(C(=O)N2CCOCC2)CC1.I. The Morgan fingerprint density at radius 2 is 1.82 bits per heavy atom. The lowest BCUT2D eigenvalue weighted by molar-refractivity contribution is -0.140. The molecule has 0 aromatic carbocycles. The van der Waals surface area contributed by atoms with Crippen LogP contribution in [-0.2, 0) is 23.1 Å². The first-order chi connectivity index (χ1) is 13.0. The van der Waals surface area contributed by atoms with Gasteiger partial charge in [-0.3, -0.25) is 14.5 Å². The molecule has 2 fully saturated rings. The topological polar surface area (TPSA) is 75.0 Å². The van der Waals surface area contributed by atoms with Crippen LogP contribution in [0.2, 0.25) is 0 Å². The van der Waals surface area contributed by atoms with E-state index >= 15 is 0 Å². The van der Waals surface area contributed by atoms with Gasteiger partial charge < -0.3 is 19.9 Å². The number of halogens is 1. The molecule has 2 aliphatic heterocycles. The Morgan fingerprint density at radius 1 is 1.18 bits per heavy atom. The molecule has 9 heteroatoms. The molecule has 0 spiro atoms. The molecule has 0 saturated carbocycles. The zero-order chi connectivity index (χ0) is 19.4. The van der Waals surface area contributed by atoms with Crippen molar-refractivity contribution in [2.45, 2.75) is 33.2 Å². The van der Waals surface area contributed by atoms with E-state index in [1.807, 2.05) is 30.6 Å². The number of nitrogens with one attached hydrogen (secondary N) is 1. The summed E-state index contributed by atoms with van der Waals surface area (Å²) in [7, 11) is 3.78. The third kappa shape index (κ3) is 5.16. The van der Waals surface area contributed by atoms with Gasteiger partial charge >= 0.3 is 0 Å². The molecule has 3 rings (SSSR count). The molecule has 28 heavy (non-hydrogen) atoms. The van der Waals surface area contributed by atoms with E-state index in [2.05, 4.69) is 27.2 Å². The van der Waals surface area contributed by atoms with Crippen LogP contribution in [0.1, 0.15) is 29.8 Å². The van der Waals surface area contributed by atoms with Crippen molar-refractivity contribution >= 4 is 35.8 Å². The first-order valence-electron chi connectivity index (χ1n) is 9.82. The van der Waals surface area contributed by atoms with Gasteiger partial charge in [0.2, 0.25) is 5.91 Å². The maximum absolute atomic E-state index is 12.7. The highest BCUT2D eigenvalue weighted by atomic mass is 127.